The molecule has 2 rings (SSSR count). The van der Waals surface area contributed by atoms with Crippen LogP contribution in [0.3, 0.4) is 0 Å². The SMILES string of the molecule is COC(=O)Cc1cn2c(C)cccc2n1. The van der Waals surface area contributed by atoms with E-state index in [1.807, 2.05) is 35.7 Å². The fourth-order valence-electron chi connectivity index (χ4n) is 1.50. The number of esters is 1. The summed E-state index contributed by atoms with van der Waals surface area (Å²) < 4.78 is 6.55. The molecule has 78 valence electrons. The van der Waals surface area contributed by atoms with Gasteiger partial charge >= 0.3 is 5.97 Å². The number of methoxy groups -OCH3 is 1. The molecule has 2 aromatic heterocycles. The van der Waals surface area contributed by atoms with E-state index in [1.54, 1.807) is 0 Å². The molecule has 0 saturated carbocycles. The van der Waals surface area contributed by atoms with Gasteiger partial charge in [0, 0.05) is 11.9 Å². The average molecular weight is 204 g/mol. The Labute approximate surface area is 87.5 Å². The zero-order chi connectivity index (χ0) is 10.8. The van der Waals surface area contributed by atoms with E-state index in [0.29, 0.717) is 0 Å². The average Bonchev–Trinajstić information content (AvgIpc) is 2.62. The molecule has 0 bridgehead atoms. The minimum Gasteiger partial charge on any atom is -0.469 e. The van der Waals surface area contributed by atoms with E-state index in [9.17, 15) is 4.79 Å². The molecule has 0 spiro atoms. The van der Waals surface area contributed by atoms with Crippen LogP contribution < -0.4 is 0 Å². The summed E-state index contributed by atoms with van der Waals surface area (Å²) in [6.45, 7) is 2.00. The first-order chi connectivity index (χ1) is 7.20. The predicted octanol–water partition coefficient (Wildman–Crippen LogP) is 1.36. The van der Waals surface area contributed by atoms with Gasteiger partial charge in [-0.2, -0.15) is 0 Å². The predicted molar refractivity (Wildman–Crippen MR) is 55.6 cm³/mol. The molecule has 4 heteroatoms. The van der Waals surface area contributed by atoms with Crippen LogP contribution in [0.4, 0.5) is 0 Å². The van der Waals surface area contributed by atoms with Crippen molar-refractivity contribution in [2.45, 2.75) is 13.3 Å². The van der Waals surface area contributed by atoms with Gasteiger partial charge < -0.3 is 9.14 Å². The first kappa shape index (κ1) is 9.71. The largest absolute Gasteiger partial charge is 0.469 e. The molecular weight excluding hydrogens is 192 g/mol. The topological polar surface area (TPSA) is 43.6 Å². The maximum atomic E-state index is 11.1. The van der Waals surface area contributed by atoms with Gasteiger partial charge in [-0.05, 0) is 19.1 Å². The molecule has 0 aliphatic rings. The number of imidazole rings is 1. The number of rotatable bonds is 2. The molecule has 4 nitrogen and oxygen atoms in total. The van der Waals surface area contributed by atoms with Gasteiger partial charge in [0.1, 0.15) is 5.65 Å². The molecule has 15 heavy (non-hydrogen) atoms. The Morgan fingerprint density at radius 1 is 1.53 bits per heavy atom. The molecule has 0 N–H and O–H groups in total. The second-order valence-electron chi connectivity index (χ2n) is 3.38. The molecule has 0 aliphatic carbocycles. The first-order valence-electron chi connectivity index (χ1n) is 4.71. The van der Waals surface area contributed by atoms with Crippen LogP contribution in [0.25, 0.3) is 5.65 Å². The lowest BCUT2D eigenvalue weighted by Crippen LogP contribution is -2.04. The monoisotopic (exact) mass is 204 g/mol. The van der Waals surface area contributed by atoms with Crippen LogP contribution in [-0.4, -0.2) is 22.5 Å². The molecule has 0 saturated heterocycles. The Morgan fingerprint density at radius 2 is 2.33 bits per heavy atom. The number of nitrogens with zero attached hydrogens (tertiary/aromatic N) is 2. The lowest BCUT2D eigenvalue weighted by atomic mass is 10.3. The summed E-state index contributed by atoms with van der Waals surface area (Å²) in [4.78, 5) is 15.4. The molecule has 0 atom stereocenters. The normalized spacial score (nSPS) is 10.5. The lowest BCUT2D eigenvalue weighted by molar-refractivity contribution is -0.139. The van der Waals surface area contributed by atoms with E-state index in [1.165, 1.54) is 7.11 Å². The fraction of sp³-hybridized carbons (Fsp3) is 0.273. The van der Waals surface area contributed by atoms with E-state index in [-0.39, 0.29) is 12.4 Å². The Bertz CT molecular complexity index is 502. The van der Waals surface area contributed by atoms with Gasteiger partial charge in [0.2, 0.25) is 0 Å². The summed E-state index contributed by atoms with van der Waals surface area (Å²) >= 11 is 0. The second kappa shape index (κ2) is 3.73. The Morgan fingerprint density at radius 3 is 3.00 bits per heavy atom. The minimum atomic E-state index is -0.268. The maximum Gasteiger partial charge on any atom is 0.311 e. The number of fused-ring (bicyclic) bond motifs is 1. The molecule has 0 aliphatic heterocycles. The molecule has 0 amide bonds. The summed E-state index contributed by atoms with van der Waals surface area (Å²) in [5, 5.41) is 0. The van der Waals surface area contributed by atoms with Gasteiger partial charge in [-0.1, -0.05) is 6.07 Å². The number of carbonyl (C=O) groups excluding carboxylic acids is 1. The van der Waals surface area contributed by atoms with Gasteiger partial charge in [-0.15, -0.1) is 0 Å². The standard InChI is InChI=1S/C11H12N2O2/c1-8-4-3-5-10-12-9(7-13(8)10)6-11(14)15-2/h3-5,7H,6H2,1-2H3. The van der Waals surface area contributed by atoms with Crippen LogP contribution in [-0.2, 0) is 16.0 Å². The van der Waals surface area contributed by atoms with Crippen molar-refractivity contribution in [3.63, 3.8) is 0 Å². The highest BCUT2D eigenvalue weighted by Crippen LogP contribution is 2.08. The molecule has 2 aromatic rings. The van der Waals surface area contributed by atoms with Gasteiger partial charge in [0.15, 0.2) is 0 Å². The lowest BCUT2D eigenvalue weighted by Gasteiger charge is -1.96. The third-order valence-corrected chi connectivity index (χ3v) is 2.30. The number of hydrogen-bond acceptors (Lipinski definition) is 3. The van der Waals surface area contributed by atoms with Crippen molar-refractivity contribution in [3.05, 3.63) is 35.8 Å². The van der Waals surface area contributed by atoms with Gasteiger partial charge in [-0.25, -0.2) is 4.98 Å². The summed E-state index contributed by atoms with van der Waals surface area (Å²) in [6.07, 6.45) is 2.08. The Kier molecular flexibility index (Phi) is 2.41. The molecule has 0 fully saturated rings. The number of aryl methyl sites for hydroxylation is 1. The number of pyridine rings is 1. The zero-order valence-corrected chi connectivity index (χ0v) is 8.73. The van der Waals surface area contributed by atoms with Gasteiger partial charge in [0.25, 0.3) is 0 Å². The van der Waals surface area contributed by atoms with Crippen LogP contribution in [0.15, 0.2) is 24.4 Å². The highest BCUT2D eigenvalue weighted by molar-refractivity contribution is 5.72. The van der Waals surface area contributed by atoms with Crippen molar-refractivity contribution >= 4 is 11.6 Å². The van der Waals surface area contributed by atoms with Crippen LogP contribution in [0.2, 0.25) is 0 Å². The summed E-state index contributed by atoms with van der Waals surface area (Å²) in [7, 11) is 1.38. The number of hydrogen-bond donors (Lipinski definition) is 0. The van der Waals surface area contributed by atoms with E-state index in [4.69, 9.17) is 0 Å². The molecule has 0 unspecified atom stereocenters. The number of carbonyl (C=O) groups is 1. The third-order valence-electron chi connectivity index (χ3n) is 2.30. The summed E-state index contributed by atoms with van der Waals surface area (Å²) in [6, 6.07) is 5.85. The third kappa shape index (κ3) is 1.83. The summed E-state index contributed by atoms with van der Waals surface area (Å²) in [5.41, 5.74) is 2.68. The number of ether oxygens (including phenoxy) is 1. The fourth-order valence-corrected chi connectivity index (χ4v) is 1.50. The molecule has 0 aromatic carbocycles. The second-order valence-corrected chi connectivity index (χ2v) is 3.38. The van der Waals surface area contributed by atoms with Crippen molar-refractivity contribution < 1.29 is 9.53 Å². The summed E-state index contributed by atoms with van der Waals surface area (Å²) in [5.74, 6) is -0.268. The van der Waals surface area contributed by atoms with Crippen molar-refractivity contribution in [2.24, 2.45) is 0 Å². The van der Waals surface area contributed by atoms with Gasteiger partial charge in [0.05, 0.1) is 19.2 Å². The van der Waals surface area contributed by atoms with Crippen LogP contribution in [0.5, 0.6) is 0 Å². The molecule has 0 radical (unpaired) electrons. The molecular formula is C11H12N2O2. The molecule has 2 heterocycles. The quantitative estimate of drug-likeness (QED) is 0.694. The maximum absolute atomic E-state index is 11.1. The van der Waals surface area contributed by atoms with Crippen LogP contribution >= 0.6 is 0 Å². The number of aromatic nitrogens is 2. The van der Waals surface area contributed by atoms with Crippen LogP contribution in [0.1, 0.15) is 11.4 Å². The van der Waals surface area contributed by atoms with Crippen molar-refractivity contribution in [3.8, 4) is 0 Å². The highest BCUT2D eigenvalue weighted by atomic mass is 16.5. The zero-order valence-electron chi connectivity index (χ0n) is 8.73. The minimum absolute atomic E-state index is 0.220. The van der Waals surface area contributed by atoms with E-state index >= 15 is 0 Å². The van der Waals surface area contributed by atoms with Crippen molar-refractivity contribution in [1.29, 1.82) is 0 Å². The van der Waals surface area contributed by atoms with E-state index in [0.717, 1.165) is 17.0 Å². The van der Waals surface area contributed by atoms with Crippen LogP contribution in [0, 0.1) is 6.92 Å². The van der Waals surface area contributed by atoms with Gasteiger partial charge in [-0.3, -0.25) is 4.79 Å². The van der Waals surface area contributed by atoms with E-state index in [2.05, 4.69) is 9.72 Å². The smallest absolute Gasteiger partial charge is 0.311 e. The Balaban J connectivity index is 2.39. The Hall–Kier alpha value is -1.84. The van der Waals surface area contributed by atoms with E-state index < -0.39 is 0 Å². The highest BCUT2D eigenvalue weighted by Gasteiger charge is 2.07. The van der Waals surface area contributed by atoms with Crippen molar-refractivity contribution in [2.75, 3.05) is 7.11 Å². The van der Waals surface area contributed by atoms with Crippen molar-refractivity contribution in [1.82, 2.24) is 9.38 Å². The first-order valence-corrected chi connectivity index (χ1v) is 4.71.